The van der Waals surface area contributed by atoms with E-state index in [1.807, 2.05) is 29.2 Å². The summed E-state index contributed by atoms with van der Waals surface area (Å²) < 4.78 is 5.47. The lowest BCUT2D eigenvalue weighted by atomic mass is 10.1. The van der Waals surface area contributed by atoms with Gasteiger partial charge in [-0.1, -0.05) is 12.1 Å². The first-order chi connectivity index (χ1) is 18.0. The number of aromatic nitrogens is 3. The number of oxazole rings is 1. The Morgan fingerprint density at radius 1 is 0.946 bits per heavy atom. The smallest absolute Gasteiger partial charge is 0.335 e. The minimum Gasteiger partial charge on any atom is -0.478 e. The van der Waals surface area contributed by atoms with Gasteiger partial charge in [0.2, 0.25) is 5.88 Å². The number of nitrogens with zero attached hydrogens (tertiary/aromatic N) is 5. The molecule has 4 heterocycles. The molecule has 0 fully saturated rings. The van der Waals surface area contributed by atoms with E-state index in [1.165, 1.54) is 0 Å². The van der Waals surface area contributed by atoms with Gasteiger partial charge in [0.1, 0.15) is 5.69 Å². The summed E-state index contributed by atoms with van der Waals surface area (Å²) in [4.78, 5) is 41.4. The molecule has 1 aromatic carbocycles. The Hall–Kier alpha value is -4.90. The third-order valence-corrected chi connectivity index (χ3v) is 5.34. The van der Waals surface area contributed by atoms with Crippen LogP contribution in [-0.2, 0) is 26.2 Å². The van der Waals surface area contributed by atoms with E-state index in [1.54, 1.807) is 55.4 Å². The molecule has 1 aliphatic heterocycles. The first-order valence-electron chi connectivity index (χ1n) is 11.4. The highest BCUT2D eigenvalue weighted by Gasteiger charge is 2.22. The lowest BCUT2D eigenvalue weighted by Gasteiger charge is -2.21. The zero-order valence-electron chi connectivity index (χ0n) is 19.8. The number of benzene rings is 1. The van der Waals surface area contributed by atoms with Gasteiger partial charge in [0.25, 0.3) is 5.89 Å². The number of pyridine rings is 2. The van der Waals surface area contributed by atoms with Crippen molar-refractivity contribution >= 4 is 24.1 Å². The third-order valence-electron chi connectivity index (χ3n) is 5.34. The second kappa shape index (κ2) is 12.2. The number of fused-ring (bicyclic) bond motifs is 1. The van der Waals surface area contributed by atoms with E-state index in [-0.39, 0.29) is 11.5 Å². The Labute approximate surface area is 212 Å². The van der Waals surface area contributed by atoms with Gasteiger partial charge >= 0.3 is 11.9 Å². The van der Waals surface area contributed by atoms with Gasteiger partial charge in [0, 0.05) is 44.4 Å². The zero-order valence-corrected chi connectivity index (χ0v) is 19.8. The monoisotopic (exact) mass is 499 g/mol. The van der Waals surface area contributed by atoms with Crippen molar-refractivity contribution in [2.75, 3.05) is 0 Å². The van der Waals surface area contributed by atoms with E-state index in [2.05, 4.69) is 25.3 Å². The molecule has 1 amide bonds. The minimum absolute atomic E-state index is 0.0335. The molecular formula is C26H25N7O4. The second-order valence-corrected chi connectivity index (χ2v) is 8.02. The van der Waals surface area contributed by atoms with Crippen molar-refractivity contribution in [2.45, 2.75) is 26.2 Å². The first-order valence-corrected chi connectivity index (χ1v) is 11.4. The molecule has 3 aromatic heterocycles. The predicted molar refractivity (Wildman–Crippen MR) is 135 cm³/mol. The minimum atomic E-state index is -0.960. The van der Waals surface area contributed by atoms with Crippen LogP contribution in [0.15, 0.2) is 82.7 Å². The molecule has 1 aliphatic rings. The fourth-order valence-electron chi connectivity index (χ4n) is 3.37. The van der Waals surface area contributed by atoms with Gasteiger partial charge in [0.15, 0.2) is 0 Å². The molecule has 0 saturated carbocycles. The van der Waals surface area contributed by atoms with Gasteiger partial charge in [-0.05, 0) is 53.1 Å². The quantitative estimate of drug-likeness (QED) is 0.347. The number of hydrogen-bond acceptors (Lipinski definition) is 9. The Bertz CT molecular complexity index is 1360. The van der Waals surface area contributed by atoms with Crippen LogP contribution < -0.4 is 11.1 Å². The van der Waals surface area contributed by atoms with Crippen molar-refractivity contribution < 1.29 is 19.1 Å². The number of amides is 1. The van der Waals surface area contributed by atoms with Gasteiger partial charge in [0.05, 0.1) is 18.4 Å². The average molecular weight is 500 g/mol. The zero-order chi connectivity index (χ0) is 26.0. The lowest BCUT2D eigenvalue weighted by molar-refractivity contribution is 0.0696. The molecule has 0 unspecified atom stereocenters. The number of hydrogen-bond donors (Lipinski definition) is 3. The summed E-state index contributed by atoms with van der Waals surface area (Å²) >= 11 is 0. The van der Waals surface area contributed by atoms with Crippen molar-refractivity contribution in [3.05, 3.63) is 107 Å². The fraction of sp³-hybridized carbons (Fsp3) is 0.154. The van der Waals surface area contributed by atoms with Gasteiger partial charge in [-0.3, -0.25) is 14.8 Å². The Morgan fingerprint density at radius 3 is 2.19 bits per heavy atom. The summed E-state index contributed by atoms with van der Waals surface area (Å²) in [5.74, 6) is -1.09. The second-order valence-electron chi connectivity index (χ2n) is 8.02. The fourth-order valence-corrected chi connectivity index (χ4v) is 3.37. The van der Waals surface area contributed by atoms with Crippen LogP contribution in [0.4, 0.5) is 5.88 Å². The molecule has 0 radical (unpaired) electrons. The van der Waals surface area contributed by atoms with Crippen molar-refractivity contribution in [3.63, 3.8) is 0 Å². The van der Waals surface area contributed by atoms with E-state index in [9.17, 15) is 9.59 Å². The molecule has 0 spiro atoms. The van der Waals surface area contributed by atoms with Crippen LogP contribution in [-0.4, -0.2) is 43.2 Å². The summed E-state index contributed by atoms with van der Waals surface area (Å²) in [6, 6.07) is 14.1. The number of carbonyl (C=O) groups is 2. The summed E-state index contributed by atoms with van der Waals surface area (Å²) in [6.07, 6.45) is 8.41. The maximum absolute atomic E-state index is 12.3. The topological polar surface area (TPSA) is 160 Å². The highest BCUT2D eigenvalue weighted by Crippen LogP contribution is 2.26. The molecule has 4 aromatic rings. The molecule has 11 heteroatoms. The number of aliphatic imine (C=N–C) groups is 1. The van der Waals surface area contributed by atoms with E-state index >= 15 is 0 Å². The Kier molecular flexibility index (Phi) is 8.29. The molecule has 0 aliphatic carbocycles. The van der Waals surface area contributed by atoms with Gasteiger partial charge in [-0.15, -0.1) is 0 Å². The van der Waals surface area contributed by atoms with Gasteiger partial charge in [-0.25, -0.2) is 14.8 Å². The Balaban J connectivity index is 0.000000342. The maximum atomic E-state index is 12.3. The number of nitrogens with one attached hydrogen (secondary N) is 1. The van der Waals surface area contributed by atoms with Crippen molar-refractivity contribution in [1.82, 2.24) is 25.2 Å². The van der Waals surface area contributed by atoms with Crippen LogP contribution in [0.5, 0.6) is 0 Å². The summed E-state index contributed by atoms with van der Waals surface area (Å²) in [6.45, 7) is 1.90. The molecule has 5 rings (SSSR count). The summed E-state index contributed by atoms with van der Waals surface area (Å²) in [5, 5.41) is 11.7. The first kappa shape index (κ1) is 25.2. The third kappa shape index (κ3) is 7.05. The highest BCUT2D eigenvalue weighted by molar-refractivity contribution is 5.90. The van der Waals surface area contributed by atoms with Crippen LogP contribution >= 0.6 is 0 Å². The maximum Gasteiger partial charge on any atom is 0.335 e. The lowest BCUT2D eigenvalue weighted by Crippen LogP contribution is -2.24. The Morgan fingerprint density at radius 2 is 1.59 bits per heavy atom. The van der Waals surface area contributed by atoms with E-state index < -0.39 is 11.9 Å². The SMILES string of the molecule is NCc1ccncc1.O=C(O)c1ccc(CN2C=Nc3oc(C(=O)NCc4ccncc4)nc3C2)cc1. The molecule has 188 valence electrons. The summed E-state index contributed by atoms with van der Waals surface area (Å²) in [5.41, 5.74) is 9.11. The van der Waals surface area contributed by atoms with Crippen LogP contribution in [0.25, 0.3) is 0 Å². The summed E-state index contributed by atoms with van der Waals surface area (Å²) in [7, 11) is 0. The normalized spacial score (nSPS) is 11.8. The molecule has 0 saturated heterocycles. The number of carboxylic acids is 1. The number of rotatable bonds is 7. The highest BCUT2D eigenvalue weighted by atomic mass is 16.4. The van der Waals surface area contributed by atoms with Crippen LogP contribution in [0, 0.1) is 0 Å². The van der Waals surface area contributed by atoms with E-state index in [4.69, 9.17) is 15.3 Å². The van der Waals surface area contributed by atoms with Crippen LogP contribution in [0.3, 0.4) is 0 Å². The largest absolute Gasteiger partial charge is 0.478 e. The van der Waals surface area contributed by atoms with E-state index in [0.29, 0.717) is 37.8 Å². The predicted octanol–water partition coefficient (Wildman–Crippen LogP) is 2.91. The number of carboxylic acid groups (broad SMARTS) is 1. The standard InChI is InChI=1S/C20H17N5O4.C6H8N2/c26-17(22-9-13-5-7-21-8-6-13)19-24-16-11-25(12-23-18(16)29-19)10-14-1-3-15(4-2-14)20(27)28;7-5-6-1-3-8-4-2-6/h1-8,12H,9-11H2,(H,22,26)(H,27,28);1-4H,5,7H2. The van der Waals surface area contributed by atoms with Gasteiger partial charge in [-0.2, -0.15) is 0 Å². The van der Waals surface area contributed by atoms with Crippen LogP contribution in [0.2, 0.25) is 0 Å². The molecule has 4 N–H and O–H groups in total. The van der Waals surface area contributed by atoms with Crippen molar-refractivity contribution in [1.29, 1.82) is 0 Å². The van der Waals surface area contributed by atoms with Crippen LogP contribution in [0.1, 0.15) is 43.4 Å². The molecule has 37 heavy (non-hydrogen) atoms. The number of aromatic carboxylic acids is 1. The molecular weight excluding hydrogens is 474 g/mol. The number of nitrogens with two attached hydrogens (primary N) is 1. The number of carbonyl (C=O) groups excluding carboxylic acids is 1. The average Bonchev–Trinajstić information content (AvgIpc) is 3.37. The van der Waals surface area contributed by atoms with Crippen molar-refractivity contribution in [3.8, 4) is 0 Å². The molecule has 0 atom stereocenters. The van der Waals surface area contributed by atoms with Gasteiger partial charge < -0.3 is 25.5 Å². The van der Waals surface area contributed by atoms with Crippen molar-refractivity contribution in [2.24, 2.45) is 10.7 Å². The van der Waals surface area contributed by atoms with E-state index in [0.717, 1.165) is 16.7 Å². The molecule has 0 bridgehead atoms. The molecule has 11 nitrogen and oxygen atoms in total.